The maximum absolute atomic E-state index is 6.58. The monoisotopic (exact) mass is 372 g/mol. The number of nitrogens with zero attached hydrogens (tertiary/aromatic N) is 2. The first-order valence-corrected chi connectivity index (χ1v) is 9.54. The normalized spacial score (nSPS) is 10.9. The molecule has 0 aliphatic rings. The zero-order valence-corrected chi connectivity index (χ0v) is 16.2. The first kappa shape index (κ1) is 17.6. The van der Waals surface area contributed by atoms with Crippen LogP contribution < -0.4 is 0 Å². The molecule has 0 unspecified atom stereocenters. The predicted octanol–water partition coefficient (Wildman–Crippen LogP) is 6.87. The van der Waals surface area contributed by atoms with Crippen LogP contribution in [0.2, 0.25) is 5.02 Å². The Balaban J connectivity index is 2.03. The minimum Gasteiger partial charge on any atom is -0.324 e. The molecule has 0 bridgehead atoms. The van der Waals surface area contributed by atoms with E-state index >= 15 is 0 Å². The Hall–Kier alpha value is -2.84. The summed E-state index contributed by atoms with van der Waals surface area (Å²) < 4.78 is 2.26. The van der Waals surface area contributed by atoms with Crippen molar-refractivity contribution < 1.29 is 0 Å². The number of imidazole rings is 1. The summed E-state index contributed by atoms with van der Waals surface area (Å²) in [6.45, 7) is 5.05. The van der Waals surface area contributed by atoms with Gasteiger partial charge in [-0.25, -0.2) is 4.98 Å². The van der Waals surface area contributed by atoms with Crippen molar-refractivity contribution in [2.24, 2.45) is 0 Å². The fourth-order valence-electron chi connectivity index (χ4n) is 3.41. The third-order valence-corrected chi connectivity index (χ3v) is 5.10. The molecule has 0 atom stereocenters. The summed E-state index contributed by atoms with van der Waals surface area (Å²) in [6.07, 6.45) is 0. The molecule has 0 spiro atoms. The molecule has 27 heavy (non-hydrogen) atoms. The minimum absolute atomic E-state index is 0.736. The maximum atomic E-state index is 6.58. The van der Waals surface area contributed by atoms with E-state index in [9.17, 15) is 0 Å². The molecule has 0 aliphatic heterocycles. The lowest BCUT2D eigenvalue weighted by Crippen LogP contribution is -2.00. The molecule has 1 aromatic heterocycles. The Kier molecular flexibility index (Phi) is 4.83. The molecule has 3 heteroatoms. The van der Waals surface area contributed by atoms with E-state index in [0.717, 1.165) is 45.5 Å². The Labute approximate surface area is 165 Å². The van der Waals surface area contributed by atoms with Crippen molar-refractivity contribution in [2.45, 2.75) is 20.4 Å². The molecule has 0 N–H and O–H groups in total. The van der Waals surface area contributed by atoms with Crippen LogP contribution in [0.5, 0.6) is 0 Å². The number of aryl methyl sites for hydroxylation is 1. The minimum atomic E-state index is 0.736. The molecule has 134 valence electrons. The highest BCUT2D eigenvalue weighted by Crippen LogP contribution is 2.39. The Morgan fingerprint density at radius 3 is 2.15 bits per heavy atom. The smallest absolute Gasteiger partial charge is 0.141 e. The van der Waals surface area contributed by atoms with E-state index in [4.69, 9.17) is 16.6 Å². The summed E-state index contributed by atoms with van der Waals surface area (Å²) in [7, 11) is 0. The Bertz CT molecular complexity index is 1060. The van der Waals surface area contributed by atoms with Gasteiger partial charge in [0.25, 0.3) is 0 Å². The maximum Gasteiger partial charge on any atom is 0.141 e. The van der Waals surface area contributed by atoms with Gasteiger partial charge in [-0.1, -0.05) is 90.0 Å². The summed E-state index contributed by atoms with van der Waals surface area (Å²) in [4.78, 5) is 5.07. The molecule has 0 aliphatic carbocycles. The van der Waals surface area contributed by atoms with Gasteiger partial charge in [0.15, 0.2) is 0 Å². The third-order valence-electron chi connectivity index (χ3n) is 4.77. The van der Waals surface area contributed by atoms with Gasteiger partial charge in [-0.15, -0.1) is 0 Å². The van der Waals surface area contributed by atoms with E-state index in [1.54, 1.807) is 0 Å². The molecule has 1 heterocycles. The predicted molar refractivity (Wildman–Crippen MR) is 114 cm³/mol. The number of rotatable bonds is 4. The van der Waals surface area contributed by atoms with Gasteiger partial charge in [0, 0.05) is 28.3 Å². The van der Waals surface area contributed by atoms with Gasteiger partial charge in [-0.2, -0.15) is 0 Å². The van der Waals surface area contributed by atoms with Crippen molar-refractivity contribution >= 4 is 11.6 Å². The van der Waals surface area contributed by atoms with Crippen molar-refractivity contribution in [1.82, 2.24) is 9.55 Å². The van der Waals surface area contributed by atoms with Crippen molar-refractivity contribution in [2.75, 3.05) is 0 Å². The second-order valence-corrected chi connectivity index (χ2v) is 7.00. The summed E-state index contributed by atoms with van der Waals surface area (Å²) in [6, 6.07) is 26.8. The van der Waals surface area contributed by atoms with Crippen LogP contribution in [0.3, 0.4) is 0 Å². The van der Waals surface area contributed by atoms with Crippen molar-refractivity contribution in [1.29, 1.82) is 0 Å². The summed E-state index contributed by atoms with van der Waals surface area (Å²) in [5.41, 5.74) is 6.46. The van der Waals surface area contributed by atoms with E-state index in [0.29, 0.717) is 0 Å². The summed E-state index contributed by atoms with van der Waals surface area (Å²) in [5.74, 6) is 0.964. The number of benzene rings is 3. The second kappa shape index (κ2) is 7.42. The number of hydrogen-bond donors (Lipinski definition) is 0. The zero-order chi connectivity index (χ0) is 18.8. The van der Waals surface area contributed by atoms with E-state index in [1.807, 2.05) is 36.4 Å². The molecule has 0 saturated heterocycles. The first-order valence-electron chi connectivity index (χ1n) is 9.17. The van der Waals surface area contributed by atoms with Gasteiger partial charge in [0.1, 0.15) is 5.82 Å². The van der Waals surface area contributed by atoms with Crippen LogP contribution in [0.4, 0.5) is 0 Å². The van der Waals surface area contributed by atoms with Gasteiger partial charge in [0.05, 0.1) is 11.4 Å². The lowest BCUT2D eigenvalue weighted by Gasteiger charge is -2.12. The number of hydrogen-bond acceptors (Lipinski definition) is 1. The molecular formula is C24H21ClN2. The largest absolute Gasteiger partial charge is 0.324 e. The quantitative estimate of drug-likeness (QED) is 0.382. The SMILES string of the molecule is CCn1c(-c2ccc(C)cc2)nc(-c2ccccc2)c1-c1ccccc1Cl. The van der Waals surface area contributed by atoms with Gasteiger partial charge in [-0.3, -0.25) is 0 Å². The average molecular weight is 373 g/mol. The molecule has 0 saturated carbocycles. The number of halogens is 1. The van der Waals surface area contributed by atoms with Crippen LogP contribution in [0.25, 0.3) is 33.9 Å². The molecular weight excluding hydrogens is 352 g/mol. The van der Waals surface area contributed by atoms with Crippen molar-refractivity contribution in [3.05, 3.63) is 89.4 Å². The molecule has 4 aromatic rings. The van der Waals surface area contributed by atoms with Gasteiger partial charge in [-0.05, 0) is 19.9 Å². The Morgan fingerprint density at radius 1 is 0.815 bits per heavy atom. The van der Waals surface area contributed by atoms with E-state index in [-0.39, 0.29) is 0 Å². The topological polar surface area (TPSA) is 17.8 Å². The van der Waals surface area contributed by atoms with E-state index < -0.39 is 0 Å². The third kappa shape index (κ3) is 3.29. The average Bonchev–Trinajstić information content (AvgIpc) is 3.09. The highest BCUT2D eigenvalue weighted by molar-refractivity contribution is 6.33. The fraction of sp³-hybridized carbons (Fsp3) is 0.125. The van der Waals surface area contributed by atoms with E-state index in [2.05, 4.69) is 60.9 Å². The van der Waals surface area contributed by atoms with Gasteiger partial charge >= 0.3 is 0 Å². The molecule has 0 amide bonds. The van der Waals surface area contributed by atoms with Crippen LogP contribution in [-0.2, 0) is 6.54 Å². The lowest BCUT2D eigenvalue weighted by molar-refractivity contribution is 0.778. The highest BCUT2D eigenvalue weighted by atomic mass is 35.5. The molecule has 3 aromatic carbocycles. The van der Waals surface area contributed by atoms with Gasteiger partial charge < -0.3 is 4.57 Å². The van der Waals surface area contributed by atoms with Crippen LogP contribution in [0.15, 0.2) is 78.9 Å². The lowest BCUT2D eigenvalue weighted by atomic mass is 10.0. The second-order valence-electron chi connectivity index (χ2n) is 6.59. The van der Waals surface area contributed by atoms with E-state index in [1.165, 1.54) is 5.56 Å². The highest BCUT2D eigenvalue weighted by Gasteiger charge is 2.21. The van der Waals surface area contributed by atoms with Gasteiger partial charge in [0.2, 0.25) is 0 Å². The fourth-order valence-corrected chi connectivity index (χ4v) is 3.63. The van der Waals surface area contributed by atoms with Crippen LogP contribution in [0, 0.1) is 6.92 Å². The standard InChI is InChI=1S/C24H21ClN2/c1-3-27-23(20-11-7-8-12-21(20)25)22(18-9-5-4-6-10-18)26-24(27)19-15-13-17(2)14-16-19/h4-16H,3H2,1-2H3. The van der Waals surface area contributed by atoms with Crippen molar-refractivity contribution in [3.8, 4) is 33.9 Å². The zero-order valence-electron chi connectivity index (χ0n) is 15.5. The molecule has 0 radical (unpaired) electrons. The molecule has 4 rings (SSSR count). The van der Waals surface area contributed by atoms with Crippen molar-refractivity contribution in [3.63, 3.8) is 0 Å². The first-order chi connectivity index (χ1) is 13.2. The van der Waals surface area contributed by atoms with Crippen LogP contribution in [0.1, 0.15) is 12.5 Å². The Morgan fingerprint density at radius 2 is 1.48 bits per heavy atom. The summed E-state index contributed by atoms with van der Waals surface area (Å²) >= 11 is 6.58. The summed E-state index contributed by atoms with van der Waals surface area (Å²) in [5, 5.41) is 0.736. The van der Waals surface area contributed by atoms with Crippen LogP contribution in [-0.4, -0.2) is 9.55 Å². The van der Waals surface area contributed by atoms with Crippen LogP contribution >= 0.6 is 11.6 Å². The molecule has 2 nitrogen and oxygen atoms in total. The number of aromatic nitrogens is 2. The molecule has 0 fully saturated rings.